The maximum absolute atomic E-state index is 12.3. The number of aryl methyl sites for hydroxylation is 1. The number of nitrogens with zero attached hydrogens (tertiary/aromatic N) is 2. The summed E-state index contributed by atoms with van der Waals surface area (Å²) in [4.78, 5) is 16.8. The normalized spacial score (nSPS) is 12.9. The van der Waals surface area contributed by atoms with Crippen molar-refractivity contribution < 1.29 is 4.79 Å². The molecule has 130 valence electrons. The molecule has 0 saturated carbocycles. The number of thioether (sulfide) groups is 1. The van der Waals surface area contributed by atoms with Crippen molar-refractivity contribution in [3.05, 3.63) is 45.8 Å². The highest BCUT2D eigenvalue weighted by Gasteiger charge is 2.23. The van der Waals surface area contributed by atoms with Crippen molar-refractivity contribution in [3.63, 3.8) is 0 Å². The summed E-state index contributed by atoms with van der Waals surface area (Å²) in [6, 6.07) is 10.7. The second-order valence-corrected chi connectivity index (χ2v) is 8.23. The molecule has 2 aromatic rings. The van der Waals surface area contributed by atoms with Gasteiger partial charge >= 0.3 is 0 Å². The van der Waals surface area contributed by atoms with Gasteiger partial charge < -0.3 is 5.32 Å². The van der Waals surface area contributed by atoms with Crippen molar-refractivity contribution >= 4 is 34.0 Å². The smallest absolute Gasteiger partial charge is 0.239 e. The minimum Gasteiger partial charge on any atom is -0.315 e. The topological polar surface area (TPSA) is 56.1 Å². The molecule has 0 atom stereocenters. The summed E-state index contributed by atoms with van der Waals surface area (Å²) in [5.41, 5.74) is 2.99. The molecule has 0 fully saturated rings. The first-order chi connectivity index (χ1) is 12.1. The van der Waals surface area contributed by atoms with E-state index < -0.39 is 0 Å². The molecule has 6 heteroatoms. The number of rotatable bonds is 6. The van der Waals surface area contributed by atoms with Crippen LogP contribution >= 0.6 is 23.1 Å². The van der Waals surface area contributed by atoms with E-state index in [0.29, 0.717) is 18.7 Å². The van der Waals surface area contributed by atoms with Crippen LogP contribution in [0, 0.1) is 11.3 Å². The molecule has 0 radical (unpaired) electrons. The average molecular weight is 372 g/mol. The lowest BCUT2D eigenvalue weighted by Gasteiger charge is -2.16. The van der Waals surface area contributed by atoms with Gasteiger partial charge in [-0.1, -0.05) is 12.1 Å². The van der Waals surface area contributed by atoms with Gasteiger partial charge in [-0.3, -0.25) is 9.69 Å². The van der Waals surface area contributed by atoms with Crippen LogP contribution < -0.4 is 5.32 Å². The molecule has 4 nitrogen and oxygen atoms in total. The molecule has 1 aliphatic carbocycles. The minimum absolute atomic E-state index is 0.0698. The van der Waals surface area contributed by atoms with Crippen molar-refractivity contribution in [2.24, 2.45) is 0 Å². The molecule has 3 rings (SSSR count). The van der Waals surface area contributed by atoms with Gasteiger partial charge in [-0.15, -0.1) is 23.1 Å². The van der Waals surface area contributed by atoms with Gasteiger partial charge in [0.05, 0.1) is 12.1 Å². The summed E-state index contributed by atoms with van der Waals surface area (Å²) in [6.07, 6.45) is 5.15. The van der Waals surface area contributed by atoms with E-state index in [4.69, 9.17) is 0 Å². The number of carbonyl (C=O) groups excluding carboxylic acids is 1. The van der Waals surface area contributed by atoms with E-state index in [2.05, 4.69) is 41.9 Å². The number of likely N-dealkylation sites (N-methyl/N-ethyl adjacent to an activating group) is 1. The second-order valence-electron chi connectivity index (χ2n) is 6.24. The maximum atomic E-state index is 12.3. The van der Waals surface area contributed by atoms with Crippen LogP contribution in [0.4, 0.5) is 5.00 Å². The molecule has 0 bridgehead atoms. The quantitative estimate of drug-likeness (QED) is 0.783. The van der Waals surface area contributed by atoms with Gasteiger partial charge in [0.15, 0.2) is 0 Å². The van der Waals surface area contributed by atoms with Gasteiger partial charge in [-0.25, -0.2) is 0 Å². The number of anilines is 1. The van der Waals surface area contributed by atoms with Gasteiger partial charge in [0.2, 0.25) is 5.91 Å². The van der Waals surface area contributed by atoms with Crippen LogP contribution in [0.1, 0.15) is 28.0 Å². The molecule has 0 saturated heterocycles. The fourth-order valence-electron chi connectivity index (χ4n) is 3.12. The van der Waals surface area contributed by atoms with Crippen LogP contribution in [0.5, 0.6) is 0 Å². The number of nitrogens with one attached hydrogen (secondary N) is 1. The molecule has 1 aliphatic rings. The number of carbonyl (C=O) groups is 1. The Morgan fingerprint density at radius 3 is 2.80 bits per heavy atom. The largest absolute Gasteiger partial charge is 0.315 e. The summed E-state index contributed by atoms with van der Waals surface area (Å²) < 4.78 is 0. The van der Waals surface area contributed by atoms with E-state index in [9.17, 15) is 10.1 Å². The van der Waals surface area contributed by atoms with E-state index in [-0.39, 0.29) is 5.91 Å². The van der Waals surface area contributed by atoms with Crippen LogP contribution in [0.2, 0.25) is 0 Å². The van der Waals surface area contributed by atoms with Crippen LogP contribution in [-0.4, -0.2) is 30.7 Å². The van der Waals surface area contributed by atoms with E-state index in [1.165, 1.54) is 15.3 Å². The Balaban J connectivity index is 1.58. The van der Waals surface area contributed by atoms with Gasteiger partial charge in [-0.05, 0) is 55.8 Å². The average Bonchev–Trinajstić information content (AvgIpc) is 3.15. The molecule has 0 aliphatic heterocycles. The molecule has 25 heavy (non-hydrogen) atoms. The van der Waals surface area contributed by atoms with Gasteiger partial charge in [0.25, 0.3) is 0 Å². The third kappa shape index (κ3) is 4.24. The van der Waals surface area contributed by atoms with E-state index in [0.717, 1.165) is 29.8 Å². The van der Waals surface area contributed by atoms with Crippen LogP contribution in [0.25, 0.3) is 0 Å². The lowest BCUT2D eigenvalue weighted by molar-refractivity contribution is -0.117. The molecule has 0 spiro atoms. The zero-order chi connectivity index (χ0) is 17.8. The highest BCUT2D eigenvalue weighted by molar-refractivity contribution is 7.98. The first-order valence-electron chi connectivity index (χ1n) is 8.26. The van der Waals surface area contributed by atoms with E-state index in [1.807, 2.05) is 11.9 Å². The molecular formula is C19H21N3OS2. The fraction of sp³-hybridized carbons (Fsp3) is 0.368. The first-order valence-corrected chi connectivity index (χ1v) is 10.3. The molecule has 1 aromatic carbocycles. The molecule has 1 heterocycles. The van der Waals surface area contributed by atoms with E-state index in [1.54, 1.807) is 23.1 Å². The summed E-state index contributed by atoms with van der Waals surface area (Å²) in [5.74, 6) is -0.0698. The second kappa shape index (κ2) is 8.05. The van der Waals surface area contributed by atoms with Gasteiger partial charge in [0, 0.05) is 16.3 Å². The lowest BCUT2D eigenvalue weighted by Crippen LogP contribution is -2.29. The summed E-state index contributed by atoms with van der Waals surface area (Å²) in [7, 11) is 1.93. The predicted octanol–water partition coefficient (Wildman–Crippen LogP) is 3.90. The summed E-state index contributed by atoms with van der Waals surface area (Å²) in [5, 5.41) is 13.1. The highest BCUT2D eigenvalue weighted by Crippen LogP contribution is 2.38. The van der Waals surface area contributed by atoms with Crippen molar-refractivity contribution in [2.75, 3.05) is 25.2 Å². The Bertz CT molecular complexity index is 805. The number of fused-ring (bicyclic) bond motifs is 1. The Kier molecular flexibility index (Phi) is 5.79. The Morgan fingerprint density at radius 1 is 1.36 bits per heavy atom. The third-order valence-corrected chi connectivity index (χ3v) is 6.26. The standard InChI is InChI=1S/C19H21N3OS2/c1-22(11-13-6-8-14(24-2)9-7-13)12-18(23)21-19-16(10-20)15-4-3-5-17(15)25-19/h6-9H,3-5,11-12H2,1-2H3,(H,21,23). The minimum atomic E-state index is -0.0698. The zero-order valence-corrected chi connectivity index (χ0v) is 16.1. The SMILES string of the molecule is CSc1ccc(CN(C)CC(=O)Nc2sc3c(c2C#N)CCC3)cc1. The van der Waals surface area contributed by atoms with E-state index >= 15 is 0 Å². The number of thiophene rings is 1. The first kappa shape index (κ1) is 18.0. The van der Waals surface area contributed by atoms with Crippen LogP contribution in [0.15, 0.2) is 29.2 Å². The van der Waals surface area contributed by atoms with Gasteiger partial charge in [-0.2, -0.15) is 5.26 Å². The number of amides is 1. The predicted molar refractivity (Wildman–Crippen MR) is 104 cm³/mol. The summed E-state index contributed by atoms with van der Waals surface area (Å²) in [6.45, 7) is 1.02. The fourth-order valence-corrected chi connectivity index (χ4v) is 4.78. The lowest BCUT2D eigenvalue weighted by atomic mass is 10.1. The van der Waals surface area contributed by atoms with Gasteiger partial charge in [0.1, 0.15) is 11.1 Å². The Morgan fingerprint density at radius 2 is 2.12 bits per heavy atom. The maximum Gasteiger partial charge on any atom is 0.239 e. The highest BCUT2D eigenvalue weighted by atomic mass is 32.2. The summed E-state index contributed by atoms with van der Waals surface area (Å²) >= 11 is 3.28. The number of benzene rings is 1. The van der Waals surface area contributed by atoms with Crippen molar-refractivity contribution in [1.82, 2.24) is 4.90 Å². The Labute approximate surface area is 156 Å². The molecular weight excluding hydrogens is 350 g/mol. The molecule has 0 unspecified atom stereocenters. The molecule has 1 N–H and O–H groups in total. The number of hydrogen-bond acceptors (Lipinski definition) is 5. The third-order valence-electron chi connectivity index (χ3n) is 4.31. The molecule has 1 aromatic heterocycles. The monoisotopic (exact) mass is 371 g/mol. The van der Waals surface area contributed by atoms with Crippen LogP contribution in [-0.2, 0) is 24.2 Å². The van der Waals surface area contributed by atoms with Crippen molar-refractivity contribution in [2.45, 2.75) is 30.7 Å². The van der Waals surface area contributed by atoms with Crippen molar-refractivity contribution in [3.8, 4) is 6.07 Å². The van der Waals surface area contributed by atoms with Crippen molar-refractivity contribution in [1.29, 1.82) is 5.26 Å². The van der Waals surface area contributed by atoms with Crippen LogP contribution in [0.3, 0.4) is 0 Å². The number of hydrogen-bond donors (Lipinski definition) is 1. The molecule has 1 amide bonds. The Hall–Kier alpha value is -1.81. The zero-order valence-electron chi connectivity index (χ0n) is 14.5. The number of nitriles is 1.